The summed E-state index contributed by atoms with van der Waals surface area (Å²) < 4.78 is 48.3. The maximum absolute atomic E-state index is 13.9. The predicted molar refractivity (Wildman–Crippen MR) is 127 cm³/mol. The summed E-state index contributed by atoms with van der Waals surface area (Å²) in [7, 11) is 0. The van der Waals surface area contributed by atoms with Crippen LogP contribution in [0.25, 0.3) is 0 Å². The molecule has 0 unspecified atom stereocenters. The van der Waals surface area contributed by atoms with E-state index in [4.69, 9.17) is 4.74 Å². The second-order valence-electron chi connectivity index (χ2n) is 9.06. The fraction of sp³-hybridized carbons (Fsp3) is 0.185. The normalized spacial score (nSPS) is 24.2. The van der Waals surface area contributed by atoms with Crippen molar-refractivity contribution in [3.63, 3.8) is 0 Å². The molecule has 0 N–H and O–H groups in total. The quantitative estimate of drug-likeness (QED) is 0.314. The number of para-hydroxylation sites is 1. The van der Waals surface area contributed by atoms with Crippen molar-refractivity contribution >= 4 is 45.0 Å². The third-order valence-electron chi connectivity index (χ3n) is 7.17. The summed E-state index contributed by atoms with van der Waals surface area (Å²) in [6.07, 6.45) is -6.08. The Bertz CT molecular complexity index is 1480. The Morgan fingerprint density at radius 2 is 1.35 bits per heavy atom. The van der Waals surface area contributed by atoms with Crippen molar-refractivity contribution in [3.05, 3.63) is 99.5 Å². The van der Waals surface area contributed by atoms with Crippen LogP contribution in [0.1, 0.15) is 37.9 Å². The van der Waals surface area contributed by atoms with E-state index in [2.05, 4.69) is 15.9 Å². The van der Waals surface area contributed by atoms with Crippen LogP contribution < -0.4 is 4.90 Å². The lowest BCUT2D eigenvalue weighted by molar-refractivity contribution is -0.137. The van der Waals surface area contributed by atoms with Gasteiger partial charge in [0.15, 0.2) is 0 Å². The fourth-order valence-corrected chi connectivity index (χ4v) is 5.88. The molecule has 37 heavy (non-hydrogen) atoms. The van der Waals surface area contributed by atoms with E-state index in [1.54, 1.807) is 36.4 Å². The zero-order valence-corrected chi connectivity index (χ0v) is 20.2. The first kappa shape index (κ1) is 23.7. The molecule has 3 aromatic carbocycles. The molecule has 2 aliphatic heterocycles. The largest absolute Gasteiger partial charge is 0.418 e. The van der Waals surface area contributed by atoms with Crippen molar-refractivity contribution < 1.29 is 37.1 Å². The highest BCUT2D eigenvalue weighted by Crippen LogP contribution is 2.58. The second kappa shape index (κ2) is 7.93. The Kier molecular flexibility index (Phi) is 5.09. The van der Waals surface area contributed by atoms with Gasteiger partial charge in [-0.25, -0.2) is 4.90 Å². The van der Waals surface area contributed by atoms with Gasteiger partial charge >= 0.3 is 6.18 Å². The smallest absolute Gasteiger partial charge is 0.349 e. The summed E-state index contributed by atoms with van der Waals surface area (Å²) in [5.74, 6) is -6.64. The molecule has 0 radical (unpaired) electrons. The molecule has 2 heterocycles. The van der Waals surface area contributed by atoms with E-state index in [0.717, 1.165) is 18.2 Å². The molecule has 2 fully saturated rings. The van der Waals surface area contributed by atoms with E-state index in [1.807, 2.05) is 0 Å². The van der Waals surface area contributed by atoms with Crippen LogP contribution in [0.15, 0.2) is 77.3 Å². The third kappa shape index (κ3) is 3.15. The van der Waals surface area contributed by atoms with Gasteiger partial charge in [0.25, 0.3) is 0 Å². The Labute approximate surface area is 216 Å². The lowest BCUT2D eigenvalue weighted by Crippen LogP contribution is -2.51. The number of rotatable bonds is 2. The van der Waals surface area contributed by atoms with Gasteiger partial charge in [0.2, 0.25) is 29.0 Å². The van der Waals surface area contributed by atoms with Gasteiger partial charge in [-0.05, 0) is 29.8 Å². The molecule has 0 bridgehead atoms. The molecule has 2 saturated heterocycles. The second-order valence-corrected chi connectivity index (χ2v) is 9.98. The minimum absolute atomic E-state index is 0.0390. The number of carbonyl (C=O) groups is 4. The molecule has 0 aromatic heterocycles. The lowest BCUT2D eigenvalue weighted by Gasteiger charge is -2.28. The van der Waals surface area contributed by atoms with Crippen LogP contribution in [0.4, 0.5) is 18.9 Å². The number of nitrogens with zero attached hydrogens (tertiary/aromatic N) is 1. The van der Waals surface area contributed by atoms with Gasteiger partial charge in [0, 0.05) is 15.6 Å². The summed E-state index contributed by atoms with van der Waals surface area (Å²) in [6.45, 7) is 0. The number of anilines is 1. The van der Waals surface area contributed by atoms with E-state index >= 15 is 0 Å². The van der Waals surface area contributed by atoms with E-state index in [9.17, 15) is 32.3 Å². The average Bonchev–Trinajstić information content (AvgIpc) is 3.44. The lowest BCUT2D eigenvalue weighted by atomic mass is 9.77. The first-order valence-electron chi connectivity index (χ1n) is 11.2. The van der Waals surface area contributed by atoms with Crippen LogP contribution in [-0.4, -0.2) is 29.0 Å². The minimum atomic E-state index is -4.86. The van der Waals surface area contributed by atoms with E-state index < -0.39 is 64.3 Å². The van der Waals surface area contributed by atoms with Gasteiger partial charge in [-0.2, -0.15) is 13.2 Å². The van der Waals surface area contributed by atoms with Crippen molar-refractivity contribution in [2.45, 2.75) is 17.9 Å². The summed E-state index contributed by atoms with van der Waals surface area (Å²) in [5.41, 5.74) is -3.72. The number of imide groups is 1. The Morgan fingerprint density at radius 3 is 1.95 bits per heavy atom. The minimum Gasteiger partial charge on any atom is -0.349 e. The van der Waals surface area contributed by atoms with Crippen LogP contribution in [-0.2, 0) is 20.5 Å². The van der Waals surface area contributed by atoms with Crippen LogP contribution in [0.5, 0.6) is 0 Å². The molecule has 2 amide bonds. The first-order valence-corrected chi connectivity index (χ1v) is 12.0. The van der Waals surface area contributed by atoms with E-state index in [-0.39, 0.29) is 11.1 Å². The van der Waals surface area contributed by atoms with Crippen LogP contribution in [0, 0.1) is 11.8 Å². The summed E-state index contributed by atoms with van der Waals surface area (Å²) in [5, 5.41) is 0. The maximum atomic E-state index is 13.9. The van der Waals surface area contributed by atoms with Gasteiger partial charge in [0.1, 0.15) is 0 Å². The summed E-state index contributed by atoms with van der Waals surface area (Å²) in [4.78, 5) is 55.5. The number of benzene rings is 3. The van der Waals surface area contributed by atoms with Crippen molar-refractivity contribution in [2.75, 3.05) is 4.90 Å². The van der Waals surface area contributed by atoms with Gasteiger partial charge in [-0.15, -0.1) is 0 Å². The molecule has 186 valence electrons. The Hall–Kier alpha value is -3.63. The topological polar surface area (TPSA) is 80.8 Å². The Morgan fingerprint density at radius 1 is 0.784 bits per heavy atom. The van der Waals surface area contributed by atoms with E-state index in [1.165, 1.54) is 18.2 Å². The number of carbonyl (C=O) groups excluding carboxylic acids is 4. The van der Waals surface area contributed by atoms with Gasteiger partial charge in [-0.1, -0.05) is 64.5 Å². The highest BCUT2D eigenvalue weighted by molar-refractivity contribution is 9.10. The van der Waals surface area contributed by atoms with Gasteiger partial charge < -0.3 is 4.74 Å². The molecule has 1 aliphatic carbocycles. The maximum Gasteiger partial charge on any atom is 0.418 e. The number of alkyl halides is 3. The number of halogens is 4. The molecule has 0 saturated carbocycles. The fourth-order valence-electron chi connectivity index (χ4n) is 5.62. The molecule has 3 atom stereocenters. The monoisotopic (exact) mass is 569 g/mol. The number of hydrogen-bond donors (Lipinski definition) is 0. The number of fused-ring (bicyclic) bond motifs is 3. The highest BCUT2D eigenvalue weighted by Gasteiger charge is 2.75. The van der Waals surface area contributed by atoms with Crippen molar-refractivity contribution in [1.29, 1.82) is 0 Å². The SMILES string of the molecule is O=C1[C@@H]2[C@@H](c3ccc(Br)cc3)OC3(C(=O)c4ccccc4C3=O)[C@@H]2C(=O)N1c1ccccc1C(F)(F)F. The standard InChI is InChI=1S/C27H15BrF3NO5/c28-14-11-9-13(10-12-14)21-19-20(26(37-21)22(33)15-5-1-2-6-16(15)23(26)34)25(36)32(24(19)35)18-8-4-3-7-17(18)27(29,30)31/h1-12,19-21H/t19-,20-,21+/m0/s1. The van der Waals surface area contributed by atoms with Crippen LogP contribution >= 0.6 is 15.9 Å². The summed E-state index contributed by atoms with van der Waals surface area (Å²) >= 11 is 3.31. The first-order chi connectivity index (χ1) is 17.6. The number of amides is 2. The molecule has 10 heteroatoms. The number of ether oxygens (including phenoxy) is 1. The third-order valence-corrected chi connectivity index (χ3v) is 7.70. The highest BCUT2D eigenvalue weighted by atomic mass is 79.9. The molecular weight excluding hydrogens is 555 g/mol. The van der Waals surface area contributed by atoms with Gasteiger partial charge in [0.05, 0.1) is 29.2 Å². The van der Waals surface area contributed by atoms with Crippen molar-refractivity contribution in [2.24, 2.45) is 11.8 Å². The molecular formula is C27H15BrF3NO5. The zero-order chi connectivity index (χ0) is 26.3. The molecule has 1 spiro atoms. The van der Waals surface area contributed by atoms with Crippen molar-refractivity contribution in [3.8, 4) is 0 Å². The molecule has 6 nitrogen and oxygen atoms in total. The van der Waals surface area contributed by atoms with Gasteiger partial charge in [-0.3, -0.25) is 19.2 Å². The Balaban J connectivity index is 1.56. The van der Waals surface area contributed by atoms with Crippen molar-refractivity contribution in [1.82, 2.24) is 0 Å². The molecule has 3 aromatic rings. The number of ketones is 2. The molecule has 3 aliphatic rings. The van der Waals surface area contributed by atoms with Crippen LogP contribution in [0.2, 0.25) is 0 Å². The molecule has 6 rings (SSSR count). The van der Waals surface area contributed by atoms with Crippen LogP contribution in [0.3, 0.4) is 0 Å². The predicted octanol–water partition coefficient (Wildman–Crippen LogP) is 5.16. The summed E-state index contributed by atoms with van der Waals surface area (Å²) in [6, 6.07) is 16.7. The number of Topliss-reactive ketones (excluding diaryl/α,β-unsaturated/α-hetero) is 2. The van der Waals surface area contributed by atoms with E-state index in [0.29, 0.717) is 14.9 Å². The number of hydrogen-bond acceptors (Lipinski definition) is 5. The zero-order valence-electron chi connectivity index (χ0n) is 18.7. The average molecular weight is 570 g/mol.